The molecule has 1 N–H and O–H groups in total. The van der Waals surface area contributed by atoms with Gasteiger partial charge in [0.25, 0.3) is 5.82 Å². The third-order valence-corrected chi connectivity index (χ3v) is 1.18. The molecule has 0 saturated carbocycles. The Kier molecular flexibility index (Phi) is 1.30. The summed E-state index contributed by atoms with van der Waals surface area (Å²) in [5, 5.41) is 19.4. The lowest BCUT2D eigenvalue weighted by Gasteiger charge is -1.97. The molecular formula is C5H8N2O2. The van der Waals surface area contributed by atoms with Crippen molar-refractivity contribution in [3.8, 4) is 0 Å². The third kappa shape index (κ3) is 0.826. The van der Waals surface area contributed by atoms with Crippen LogP contribution in [-0.4, -0.2) is 9.94 Å². The summed E-state index contributed by atoms with van der Waals surface area (Å²) >= 11 is 0. The quantitative estimate of drug-likeness (QED) is 0.327. The Bertz CT molecular complexity index is 187. The molecule has 0 aromatic carbocycles. The predicted molar refractivity (Wildman–Crippen MR) is 30.0 cm³/mol. The molecule has 0 radical (unpaired) electrons. The molecular weight excluding hydrogens is 120 g/mol. The molecule has 0 fully saturated rings. The highest BCUT2D eigenvalue weighted by molar-refractivity contribution is 4.78. The zero-order chi connectivity index (χ0) is 6.85. The van der Waals surface area contributed by atoms with Crippen LogP contribution < -0.4 is 4.73 Å². The first kappa shape index (κ1) is 5.94. The molecule has 4 heteroatoms. The zero-order valence-electron chi connectivity index (χ0n) is 5.11. The summed E-state index contributed by atoms with van der Waals surface area (Å²) < 4.78 is 1.47. The van der Waals surface area contributed by atoms with Crippen LogP contribution in [0.3, 0.4) is 0 Å². The molecule has 0 aliphatic carbocycles. The van der Waals surface area contributed by atoms with E-state index in [9.17, 15) is 5.21 Å². The number of rotatable bonds is 1. The Morgan fingerprint density at radius 1 is 1.89 bits per heavy atom. The van der Waals surface area contributed by atoms with Crippen LogP contribution in [0.2, 0.25) is 0 Å². The van der Waals surface area contributed by atoms with Crippen LogP contribution in [0, 0.1) is 5.21 Å². The molecule has 1 aromatic rings. The summed E-state index contributed by atoms with van der Waals surface area (Å²) in [5.41, 5.74) is 0. The fourth-order valence-corrected chi connectivity index (χ4v) is 0.715. The number of imidazole rings is 1. The largest absolute Gasteiger partial charge is 0.711 e. The summed E-state index contributed by atoms with van der Waals surface area (Å²) in [7, 11) is 0. The van der Waals surface area contributed by atoms with Gasteiger partial charge in [-0.25, -0.2) is 4.73 Å². The van der Waals surface area contributed by atoms with Crippen LogP contribution in [0.5, 0.6) is 0 Å². The minimum atomic E-state index is 0.356. The topological polar surface area (TPSA) is 52.1 Å². The molecule has 0 spiro atoms. The average molecular weight is 128 g/mol. The fraction of sp³-hybridized carbons (Fsp3) is 0.400. The first-order chi connectivity index (χ1) is 4.25. The van der Waals surface area contributed by atoms with Crippen molar-refractivity contribution in [3.63, 3.8) is 0 Å². The number of hydrogen-bond donors (Lipinski definition) is 1. The highest BCUT2D eigenvalue weighted by Gasteiger charge is 2.07. The van der Waals surface area contributed by atoms with E-state index in [1.54, 1.807) is 6.92 Å². The van der Waals surface area contributed by atoms with Gasteiger partial charge >= 0.3 is 0 Å². The maximum absolute atomic E-state index is 10.6. The molecule has 50 valence electrons. The summed E-state index contributed by atoms with van der Waals surface area (Å²) in [6.45, 7) is 1.80. The van der Waals surface area contributed by atoms with Crippen LogP contribution >= 0.6 is 0 Å². The average Bonchev–Trinajstić information content (AvgIpc) is 2.12. The van der Waals surface area contributed by atoms with Crippen LogP contribution in [0.1, 0.15) is 12.7 Å². The predicted octanol–water partition coefficient (Wildman–Crippen LogP) is -0.0788. The lowest BCUT2D eigenvalue weighted by Crippen LogP contribution is -2.29. The first-order valence-electron chi connectivity index (χ1n) is 2.74. The second-order valence-corrected chi connectivity index (χ2v) is 1.74. The van der Waals surface area contributed by atoms with E-state index < -0.39 is 0 Å². The minimum Gasteiger partial charge on any atom is -0.711 e. The Balaban J connectivity index is 3.07. The van der Waals surface area contributed by atoms with Crippen molar-refractivity contribution < 1.29 is 9.94 Å². The molecule has 1 aromatic heterocycles. The van der Waals surface area contributed by atoms with Gasteiger partial charge in [-0.3, -0.25) is 0 Å². The van der Waals surface area contributed by atoms with Gasteiger partial charge in [0.1, 0.15) is 6.20 Å². The van der Waals surface area contributed by atoms with Crippen LogP contribution in [0.4, 0.5) is 0 Å². The highest BCUT2D eigenvalue weighted by Crippen LogP contribution is 1.89. The lowest BCUT2D eigenvalue weighted by molar-refractivity contribution is -0.615. The Labute approximate surface area is 52.5 Å². The van der Waals surface area contributed by atoms with E-state index in [0.29, 0.717) is 17.0 Å². The van der Waals surface area contributed by atoms with E-state index in [1.165, 1.54) is 12.4 Å². The summed E-state index contributed by atoms with van der Waals surface area (Å²) in [6.07, 6.45) is 3.11. The summed E-state index contributed by atoms with van der Waals surface area (Å²) in [5.74, 6) is 0.356. The smallest absolute Gasteiger partial charge is 0.298 e. The van der Waals surface area contributed by atoms with Crippen molar-refractivity contribution in [2.24, 2.45) is 0 Å². The van der Waals surface area contributed by atoms with E-state index in [-0.39, 0.29) is 0 Å². The number of hydrogen-bond acceptors (Lipinski definition) is 2. The van der Waals surface area contributed by atoms with Gasteiger partial charge in [0, 0.05) is 0 Å². The Morgan fingerprint density at radius 2 is 2.56 bits per heavy atom. The molecule has 9 heavy (non-hydrogen) atoms. The molecule has 0 unspecified atom stereocenters. The van der Waals surface area contributed by atoms with Crippen molar-refractivity contribution in [3.05, 3.63) is 23.4 Å². The zero-order valence-corrected chi connectivity index (χ0v) is 5.11. The van der Waals surface area contributed by atoms with Crippen LogP contribution in [0.25, 0.3) is 0 Å². The van der Waals surface area contributed by atoms with E-state index >= 15 is 0 Å². The van der Waals surface area contributed by atoms with Gasteiger partial charge in [0.2, 0.25) is 0 Å². The van der Waals surface area contributed by atoms with Crippen LogP contribution in [-0.2, 0) is 6.42 Å². The fourth-order valence-electron chi connectivity index (χ4n) is 0.715. The summed E-state index contributed by atoms with van der Waals surface area (Å²) in [6, 6.07) is 0. The van der Waals surface area contributed by atoms with Gasteiger partial charge in [-0.2, -0.15) is 0 Å². The monoisotopic (exact) mass is 128 g/mol. The SMILES string of the molecule is CCc1n(O)cc[n+]1[O-]. The molecule has 0 amide bonds. The van der Waals surface area contributed by atoms with Crippen LogP contribution in [0.15, 0.2) is 12.4 Å². The number of aromatic nitrogens is 2. The molecule has 1 heterocycles. The Hall–Kier alpha value is -1.19. The molecule has 0 aliphatic rings. The summed E-state index contributed by atoms with van der Waals surface area (Å²) in [4.78, 5) is 0. The Morgan fingerprint density at radius 3 is 2.78 bits per heavy atom. The number of nitrogens with zero attached hydrogens (tertiary/aromatic N) is 2. The van der Waals surface area contributed by atoms with E-state index in [4.69, 9.17) is 5.21 Å². The van der Waals surface area contributed by atoms with E-state index in [1.807, 2.05) is 0 Å². The third-order valence-electron chi connectivity index (χ3n) is 1.18. The minimum absolute atomic E-state index is 0.356. The standard InChI is InChI=1S/C5H8N2O2/c1-2-5-6(8)3-4-7(5)9/h3-4,8H,2H2,1H3. The second-order valence-electron chi connectivity index (χ2n) is 1.74. The second kappa shape index (κ2) is 1.97. The maximum Gasteiger partial charge on any atom is 0.298 e. The van der Waals surface area contributed by atoms with Gasteiger partial charge in [0.05, 0.1) is 6.42 Å². The first-order valence-corrected chi connectivity index (χ1v) is 2.74. The molecule has 0 bridgehead atoms. The highest BCUT2D eigenvalue weighted by atomic mass is 16.5. The van der Waals surface area contributed by atoms with Gasteiger partial charge in [-0.05, 0) is 0 Å². The van der Waals surface area contributed by atoms with E-state index in [0.717, 1.165) is 4.73 Å². The van der Waals surface area contributed by atoms with Gasteiger partial charge < -0.3 is 10.4 Å². The van der Waals surface area contributed by atoms with Crippen molar-refractivity contribution in [1.29, 1.82) is 0 Å². The normalized spacial score (nSPS) is 9.89. The van der Waals surface area contributed by atoms with E-state index in [2.05, 4.69) is 0 Å². The molecule has 1 rings (SSSR count). The molecule has 4 nitrogen and oxygen atoms in total. The molecule has 0 atom stereocenters. The maximum atomic E-state index is 10.6. The lowest BCUT2D eigenvalue weighted by atomic mass is 10.5. The van der Waals surface area contributed by atoms with Gasteiger partial charge in [-0.1, -0.05) is 11.7 Å². The van der Waals surface area contributed by atoms with Crippen molar-refractivity contribution in [1.82, 2.24) is 4.73 Å². The molecule has 0 saturated heterocycles. The van der Waals surface area contributed by atoms with Crippen molar-refractivity contribution in [2.45, 2.75) is 13.3 Å². The van der Waals surface area contributed by atoms with Crippen molar-refractivity contribution in [2.75, 3.05) is 0 Å². The van der Waals surface area contributed by atoms with Gasteiger partial charge in [0.15, 0.2) is 6.20 Å². The molecule has 0 aliphatic heterocycles. The van der Waals surface area contributed by atoms with Crippen molar-refractivity contribution >= 4 is 0 Å². The van der Waals surface area contributed by atoms with Gasteiger partial charge in [-0.15, -0.1) is 0 Å².